The van der Waals surface area contributed by atoms with Crippen molar-refractivity contribution in [2.75, 3.05) is 12.3 Å². The number of aromatic nitrogens is 6. The molecular formula is C32H33N9O. The number of rotatable bonds is 6. The van der Waals surface area contributed by atoms with Crippen LogP contribution in [0.3, 0.4) is 0 Å². The van der Waals surface area contributed by atoms with Gasteiger partial charge < -0.3 is 16.0 Å². The van der Waals surface area contributed by atoms with Crippen LogP contribution in [0.1, 0.15) is 43.4 Å². The first kappa shape index (κ1) is 26.1. The van der Waals surface area contributed by atoms with E-state index in [0.717, 1.165) is 54.6 Å². The molecule has 3 atom stereocenters. The molecule has 0 bridgehead atoms. The zero-order valence-electron chi connectivity index (χ0n) is 23.5. The number of nitrogen functional groups attached to an aromatic ring is 1. The fourth-order valence-corrected chi connectivity index (χ4v) is 6.48. The molecule has 42 heavy (non-hydrogen) atoms. The number of nitrogens with zero attached hydrogens (tertiary/aromatic N) is 7. The lowest BCUT2D eigenvalue weighted by atomic mass is 9.96. The number of carbonyl (C=O) groups is 1. The largest absolute Gasteiger partial charge is 0.383 e. The molecule has 1 saturated heterocycles. The SMILES string of the molecule is C=CC(=O)N1CCC(N[C@H]2CCc3cc(-n4c(-c5cccnc5N)nc5ccc(-n6cccn6)nc54)ccc32)C[C@H]1C. The standard InChI is InChI=1S/C32H33N9O/c1-3-29(42)39-17-13-22(18-20(39)2)36-26-10-7-21-19-23(8-9-24(21)26)41-31(25-6-4-14-34-30(25)33)37-27-11-12-28(38-32(27)41)40-16-5-15-35-40/h3-6,8-9,11-12,14-16,19-20,22,26,36H,1,7,10,13,17-18H2,2H3,(H2,33,34)/t20-,22?,26+/m1/s1. The van der Waals surface area contributed by atoms with Crippen molar-refractivity contribution < 1.29 is 4.79 Å². The first-order valence-corrected chi connectivity index (χ1v) is 14.4. The summed E-state index contributed by atoms with van der Waals surface area (Å²) in [4.78, 5) is 28.4. The van der Waals surface area contributed by atoms with Crippen molar-refractivity contribution in [2.24, 2.45) is 0 Å². The van der Waals surface area contributed by atoms with Crippen LogP contribution in [0.15, 0.2) is 79.8 Å². The minimum atomic E-state index is 0.0189. The molecule has 0 radical (unpaired) electrons. The second-order valence-corrected chi connectivity index (χ2v) is 11.1. The molecule has 10 heteroatoms. The topological polar surface area (TPSA) is 120 Å². The summed E-state index contributed by atoms with van der Waals surface area (Å²) in [6.45, 7) is 6.53. The van der Waals surface area contributed by atoms with E-state index in [1.54, 1.807) is 17.1 Å². The molecular weight excluding hydrogens is 526 g/mol. The second kappa shape index (κ2) is 10.5. The van der Waals surface area contributed by atoms with Crippen LogP contribution in [0.25, 0.3) is 34.1 Å². The number of aryl methyl sites for hydroxylation is 1. The molecule has 1 aromatic carbocycles. The zero-order chi connectivity index (χ0) is 28.8. The van der Waals surface area contributed by atoms with E-state index in [1.165, 1.54) is 17.2 Å². The molecule has 1 fully saturated rings. The third-order valence-electron chi connectivity index (χ3n) is 8.54. The van der Waals surface area contributed by atoms with Crippen molar-refractivity contribution in [1.29, 1.82) is 0 Å². The summed E-state index contributed by atoms with van der Waals surface area (Å²) in [7, 11) is 0. The lowest BCUT2D eigenvalue weighted by molar-refractivity contribution is -0.129. The Kier molecular flexibility index (Phi) is 6.54. The number of piperidine rings is 1. The Morgan fingerprint density at radius 3 is 2.81 bits per heavy atom. The van der Waals surface area contributed by atoms with Gasteiger partial charge in [-0.3, -0.25) is 9.36 Å². The van der Waals surface area contributed by atoms with Crippen LogP contribution >= 0.6 is 0 Å². The summed E-state index contributed by atoms with van der Waals surface area (Å²) in [5.41, 5.74) is 12.2. The van der Waals surface area contributed by atoms with E-state index in [-0.39, 0.29) is 18.0 Å². The third kappa shape index (κ3) is 4.53. The third-order valence-corrected chi connectivity index (χ3v) is 8.54. The van der Waals surface area contributed by atoms with Gasteiger partial charge >= 0.3 is 0 Å². The second-order valence-electron chi connectivity index (χ2n) is 11.1. The normalized spacial score (nSPS) is 20.1. The predicted molar refractivity (Wildman–Crippen MR) is 162 cm³/mol. The maximum Gasteiger partial charge on any atom is 0.246 e. The number of fused-ring (bicyclic) bond motifs is 2. The van der Waals surface area contributed by atoms with E-state index in [1.807, 2.05) is 41.4 Å². The van der Waals surface area contributed by atoms with Crippen molar-refractivity contribution in [3.63, 3.8) is 0 Å². The molecule has 1 aliphatic heterocycles. The number of nitrogens with one attached hydrogen (secondary N) is 1. The fraction of sp³-hybridized carbons (Fsp3) is 0.281. The highest BCUT2D eigenvalue weighted by atomic mass is 16.2. The first-order valence-electron chi connectivity index (χ1n) is 14.4. The smallest absolute Gasteiger partial charge is 0.246 e. The Balaban J connectivity index is 1.23. The van der Waals surface area contributed by atoms with E-state index in [4.69, 9.17) is 15.7 Å². The van der Waals surface area contributed by atoms with Crippen LogP contribution in [0.5, 0.6) is 0 Å². The Hall–Kier alpha value is -4.83. The lowest BCUT2D eigenvalue weighted by Crippen LogP contribution is -2.49. The average molecular weight is 560 g/mol. The summed E-state index contributed by atoms with van der Waals surface area (Å²) >= 11 is 0. The Labute approximate surface area is 243 Å². The molecule has 3 N–H and O–H groups in total. The van der Waals surface area contributed by atoms with E-state index in [2.05, 4.69) is 51.7 Å². The molecule has 4 aromatic heterocycles. The summed E-state index contributed by atoms with van der Waals surface area (Å²) < 4.78 is 3.82. The molecule has 1 aliphatic carbocycles. The molecule has 0 saturated carbocycles. The van der Waals surface area contributed by atoms with Gasteiger partial charge in [0.2, 0.25) is 5.91 Å². The number of carbonyl (C=O) groups excluding carboxylic acids is 1. The van der Waals surface area contributed by atoms with E-state index < -0.39 is 0 Å². The Morgan fingerprint density at radius 1 is 1.12 bits per heavy atom. The average Bonchev–Trinajstić information content (AvgIpc) is 3.76. The predicted octanol–water partition coefficient (Wildman–Crippen LogP) is 4.39. The molecule has 7 rings (SSSR count). The summed E-state index contributed by atoms with van der Waals surface area (Å²) in [5, 5.41) is 8.27. The molecule has 5 heterocycles. The minimum absolute atomic E-state index is 0.0189. The quantitative estimate of drug-likeness (QED) is 0.296. The highest BCUT2D eigenvalue weighted by molar-refractivity contribution is 5.87. The number of hydrogen-bond acceptors (Lipinski definition) is 7. The number of amides is 1. The molecule has 10 nitrogen and oxygen atoms in total. The van der Waals surface area contributed by atoms with Gasteiger partial charge in [0.05, 0.1) is 5.56 Å². The van der Waals surface area contributed by atoms with E-state index in [0.29, 0.717) is 23.5 Å². The van der Waals surface area contributed by atoms with E-state index in [9.17, 15) is 4.79 Å². The zero-order valence-corrected chi connectivity index (χ0v) is 23.5. The maximum atomic E-state index is 12.2. The number of likely N-dealkylation sites (tertiary alicyclic amines) is 1. The number of imidazole rings is 1. The number of nitrogens with two attached hydrogens (primary N) is 1. The van der Waals surface area contributed by atoms with Crippen LogP contribution in [-0.2, 0) is 11.2 Å². The van der Waals surface area contributed by atoms with Crippen molar-refractivity contribution in [1.82, 2.24) is 39.5 Å². The molecule has 0 spiro atoms. The Bertz CT molecular complexity index is 1790. The van der Waals surface area contributed by atoms with Gasteiger partial charge in [0.15, 0.2) is 17.3 Å². The Morgan fingerprint density at radius 2 is 2.02 bits per heavy atom. The van der Waals surface area contributed by atoms with Crippen molar-refractivity contribution >= 4 is 22.9 Å². The van der Waals surface area contributed by atoms with Gasteiger partial charge in [0.25, 0.3) is 0 Å². The number of benzene rings is 1. The summed E-state index contributed by atoms with van der Waals surface area (Å²) in [6.07, 6.45) is 10.6. The number of anilines is 1. The minimum Gasteiger partial charge on any atom is -0.383 e. The van der Waals surface area contributed by atoms with Crippen LogP contribution in [0.4, 0.5) is 5.82 Å². The van der Waals surface area contributed by atoms with Gasteiger partial charge in [0.1, 0.15) is 11.3 Å². The van der Waals surface area contributed by atoms with Crippen molar-refractivity contribution in [2.45, 2.75) is 50.7 Å². The highest BCUT2D eigenvalue weighted by Gasteiger charge is 2.31. The van der Waals surface area contributed by atoms with Gasteiger partial charge in [-0.05, 0) is 92.3 Å². The van der Waals surface area contributed by atoms with Gasteiger partial charge in [0, 0.05) is 48.9 Å². The first-order chi connectivity index (χ1) is 20.5. The molecule has 212 valence electrons. The highest BCUT2D eigenvalue weighted by Crippen LogP contribution is 2.37. The van der Waals surface area contributed by atoms with Crippen LogP contribution in [0.2, 0.25) is 0 Å². The molecule has 1 amide bonds. The van der Waals surface area contributed by atoms with E-state index >= 15 is 0 Å². The van der Waals surface area contributed by atoms with Gasteiger partial charge in [-0.25, -0.2) is 19.6 Å². The maximum absolute atomic E-state index is 12.2. The number of hydrogen-bond donors (Lipinski definition) is 2. The molecule has 2 aliphatic rings. The fourth-order valence-electron chi connectivity index (χ4n) is 6.48. The van der Waals surface area contributed by atoms with Crippen molar-refractivity contribution in [3.05, 3.63) is 90.9 Å². The van der Waals surface area contributed by atoms with Gasteiger partial charge in [-0.15, -0.1) is 0 Å². The number of pyridine rings is 2. The molecule has 5 aromatic rings. The lowest BCUT2D eigenvalue weighted by Gasteiger charge is -2.38. The van der Waals surface area contributed by atoms with Gasteiger partial charge in [-0.1, -0.05) is 12.6 Å². The van der Waals surface area contributed by atoms with Crippen molar-refractivity contribution in [3.8, 4) is 22.9 Å². The van der Waals surface area contributed by atoms with Crippen LogP contribution < -0.4 is 11.1 Å². The summed E-state index contributed by atoms with van der Waals surface area (Å²) in [6, 6.07) is 17.0. The van der Waals surface area contributed by atoms with Crippen LogP contribution in [-0.4, -0.2) is 58.7 Å². The molecule has 1 unspecified atom stereocenters. The summed E-state index contributed by atoms with van der Waals surface area (Å²) in [5.74, 6) is 1.84. The van der Waals surface area contributed by atoms with Crippen LogP contribution in [0, 0.1) is 0 Å². The van der Waals surface area contributed by atoms with Gasteiger partial charge in [-0.2, -0.15) is 5.10 Å². The monoisotopic (exact) mass is 559 g/mol.